The number of nitrogens with zero attached hydrogens (tertiary/aromatic N) is 3. The maximum absolute atomic E-state index is 10.6. The van der Waals surface area contributed by atoms with Crippen LogP contribution in [0.5, 0.6) is 0 Å². The van der Waals surface area contributed by atoms with Crippen LogP contribution in [-0.4, -0.2) is 40.5 Å². The molecule has 1 fully saturated rings. The molecule has 0 radical (unpaired) electrons. The van der Waals surface area contributed by atoms with Crippen molar-refractivity contribution in [1.82, 2.24) is 9.88 Å². The predicted octanol–water partition coefficient (Wildman–Crippen LogP) is 1.88. The molecule has 1 aliphatic carbocycles. The topological polar surface area (TPSA) is 71.3 Å². The first-order valence-corrected chi connectivity index (χ1v) is 6.14. The number of likely N-dealkylation sites (N-methyl/N-ethyl adjacent to an activating group) is 1. The fourth-order valence-corrected chi connectivity index (χ4v) is 1.87. The molecular formula is C12H18N4O2. The van der Waals surface area contributed by atoms with E-state index in [2.05, 4.69) is 29.2 Å². The van der Waals surface area contributed by atoms with E-state index in [4.69, 9.17) is 0 Å². The van der Waals surface area contributed by atoms with Crippen molar-refractivity contribution in [3.8, 4) is 0 Å². The highest BCUT2D eigenvalue weighted by Crippen LogP contribution is 2.27. The first-order valence-electron chi connectivity index (χ1n) is 6.14. The molecule has 1 aromatic heterocycles. The zero-order valence-corrected chi connectivity index (χ0v) is 10.7. The largest absolute Gasteiger partial charge is 0.368 e. The van der Waals surface area contributed by atoms with Gasteiger partial charge in [-0.3, -0.25) is 15.0 Å². The molecule has 6 nitrogen and oxygen atoms in total. The van der Waals surface area contributed by atoms with Gasteiger partial charge in [-0.25, -0.2) is 4.98 Å². The smallest absolute Gasteiger partial charge is 0.274 e. The maximum atomic E-state index is 10.6. The van der Waals surface area contributed by atoms with E-state index >= 15 is 0 Å². The lowest BCUT2D eigenvalue weighted by Gasteiger charge is -2.24. The lowest BCUT2D eigenvalue weighted by molar-refractivity contribution is -0.384. The number of hydrogen-bond donors (Lipinski definition) is 1. The molecule has 0 amide bonds. The lowest BCUT2D eigenvalue weighted by Crippen LogP contribution is -2.36. The van der Waals surface area contributed by atoms with Crippen LogP contribution >= 0.6 is 0 Å². The molecule has 0 saturated heterocycles. The highest BCUT2D eigenvalue weighted by molar-refractivity contribution is 5.44. The zero-order chi connectivity index (χ0) is 13.1. The van der Waals surface area contributed by atoms with E-state index in [1.54, 1.807) is 0 Å². The first-order chi connectivity index (χ1) is 8.58. The summed E-state index contributed by atoms with van der Waals surface area (Å²) < 4.78 is 0. The molecule has 1 aromatic rings. The Balaban J connectivity index is 1.89. The summed E-state index contributed by atoms with van der Waals surface area (Å²) in [5, 5.41) is 13.8. The van der Waals surface area contributed by atoms with Crippen LogP contribution in [0.15, 0.2) is 18.3 Å². The van der Waals surface area contributed by atoms with Gasteiger partial charge in [0.15, 0.2) is 0 Å². The molecule has 1 atom stereocenters. The Labute approximate surface area is 106 Å². The van der Waals surface area contributed by atoms with E-state index in [1.807, 2.05) is 0 Å². The fourth-order valence-electron chi connectivity index (χ4n) is 1.87. The first kappa shape index (κ1) is 12.8. The van der Waals surface area contributed by atoms with Crippen LogP contribution in [0.2, 0.25) is 0 Å². The van der Waals surface area contributed by atoms with Gasteiger partial charge in [0.2, 0.25) is 0 Å². The second kappa shape index (κ2) is 5.30. The molecule has 1 heterocycles. The Hall–Kier alpha value is -1.69. The average Bonchev–Trinajstić information content (AvgIpc) is 3.19. The van der Waals surface area contributed by atoms with E-state index < -0.39 is 4.92 Å². The van der Waals surface area contributed by atoms with Crippen molar-refractivity contribution in [3.05, 3.63) is 28.4 Å². The van der Waals surface area contributed by atoms with E-state index in [9.17, 15) is 10.1 Å². The number of rotatable bonds is 6. The number of anilines is 1. The lowest BCUT2D eigenvalue weighted by atomic mass is 10.3. The summed E-state index contributed by atoms with van der Waals surface area (Å²) in [6.07, 6.45) is 4.00. The van der Waals surface area contributed by atoms with E-state index in [0.717, 1.165) is 6.54 Å². The van der Waals surface area contributed by atoms with Crippen LogP contribution in [0.3, 0.4) is 0 Å². The van der Waals surface area contributed by atoms with Crippen LogP contribution in [-0.2, 0) is 0 Å². The Morgan fingerprint density at radius 2 is 2.39 bits per heavy atom. The minimum absolute atomic E-state index is 0.0655. The van der Waals surface area contributed by atoms with E-state index in [-0.39, 0.29) is 5.69 Å². The van der Waals surface area contributed by atoms with Gasteiger partial charge >= 0.3 is 0 Å². The molecule has 0 aliphatic heterocycles. The number of nitrogens with one attached hydrogen (secondary N) is 1. The normalized spacial score (nSPS) is 16.6. The van der Waals surface area contributed by atoms with Crippen LogP contribution in [0.1, 0.15) is 19.8 Å². The molecule has 1 saturated carbocycles. The van der Waals surface area contributed by atoms with Crippen molar-refractivity contribution in [3.63, 3.8) is 0 Å². The van der Waals surface area contributed by atoms with Crippen LogP contribution in [0.25, 0.3) is 0 Å². The highest BCUT2D eigenvalue weighted by Gasteiger charge is 2.28. The standard InChI is InChI=1S/C12H18N4O2/c1-9(15(2)10-3-4-10)8-14-12-7-11(16(17)18)5-6-13-12/h5-7,9-10H,3-4,8H2,1-2H3,(H,13,14). The van der Waals surface area contributed by atoms with Crippen LogP contribution in [0.4, 0.5) is 11.5 Å². The minimum Gasteiger partial charge on any atom is -0.368 e. The maximum Gasteiger partial charge on any atom is 0.274 e. The van der Waals surface area contributed by atoms with Crippen molar-refractivity contribution < 1.29 is 4.92 Å². The second-order valence-electron chi connectivity index (χ2n) is 4.78. The molecule has 1 aliphatic rings. The Kier molecular flexibility index (Phi) is 3.76. The van der Waals surface area contributed by atoms with Crippen molar-refractivity contribution in [1.29, 1.82) is 0 Å². The van der Waals surface area contributed by atoms with Crippen molar-refractivity contribution in [2.24, 2.45) is 0 Å². The van der Waals surface area contributed by atoms with Crippen molar-refractivity contribution >= 4 is 11.5 Å². The number of hydrogen-bond acceptors (Lipinski definition) is 5. The third-order valence-electron chi connectivity index (χ3n) is 3.35. The van der Waals surface area contributed by atoms with Gasteiger partial charge in [-0.15, -0.1) is 0 Å². The summed E-state index contributed by atoms with van der Waals surface area (Å²) >= 11 is 0. The number of aromatic nitrogens is 1. The fraction of sp³-hybridized carbons (Fsp3) is 0.583. The Morgan fingerprint density at radius 1 is 1.67 bits per heavy atom. The highest BCUT2D eigenvalue weighted by atomic mass is 16.6. The number of pyridine rings is 1. The molecular weight excluding hydrogens is 232 g/mol. The minimum atomic E-state index is -0.410. The van der Waals surface area contributed by atoms with Gasteiger partial charge in [0.1, 0.15) is 5.82 Å². The monoisotopic (exact) mass is 250 g/mol. The summed E-state index contributed by atoms with van der Waals surface area (Å²) in [5.74, 6) is 0.556. The molecule has 1 N–H and O–H groups in total. The summed E-state index contributed by atoms with van der Waals surface area (Å²) in [7, 11) is 2.12. The van der Waals surface area contributed by atoms with Gasteiger partial charge in [-0.05, 0) is 26.8 Å². The van der Waals surface area contributed by atoms with Gasteiger partial charge < -0.3 is 5.32 Å². The van der Waals surface area contributed by atoms with Crippen molar-refractivity contribution in [2.75, 3.05) is 18.9 Å². The van der Waals surface area contributed by atoms with E-state index in [1.165, 1.54) is 31.2 Å². The quantitative estimate of drug-likeness (QED) is 0.616. The third kappa shape index (κ3) is 3.16. The van der Waals surface area contributed by atoms with E-state index in [0.29, 0.717) is 17.9 Å². The molecule has 2 rings (SSSR count). The average molecular weight is 250 g/mol. The molecule has 98 valence electrons. The van der Waals surface area contributed by atoms with Gasteiger partial charge in [-0.1, -0.05) is 0 Å². The molecule has 0 bridgehead atoms. The van der Waals surface area contributed by atoms with Crippen molar-refractivity contribution in [2.45, 2.75) is 31.8 Å². The molecule has 6 heteroatoms. The molecule has 18 heavy (non-hydrogen) atoms. The molecule has 1 unspecified atom stereocenters. The van der Waals surface area contributed by atoms with Gasteiger partial charge in [0.25, 0.3) is 5.69 Å². The number of nitro groups is 1. The summed E-state index contributed by atoms with van der Waals surface area (Å²) in [6, 6.07) is 3.95. The molecule has 0 spiro atoms. The third-order valence-corrected chi connectivity index (χ3v) is 3.35. The summed E-state index contributed by atoms with van der Waals surface area (Å²) in [4.78, 5) is 16.6. The van der Waals surface area contributed by atoms with Crippen LogP contribution in [0, 0.1) is 10.1 Å². The summed E-state index contributed by atoms with van der Waals surface area (Å²) in [5.41, 5.74) is 0.0655. The van der Waals surface area contributed by atoms with Crippen LogP contribution < -0.4 is 5.32 Å². The Morgan fingerprint density at radius 3 is 3.00 bits per heavy atom. The molecule has 0 aromatic carbocycles. The zero-order valence-electron chi connectivity index (χ0n) is 10.7. The Bertz CT molecular complexity index is 434. The summed E-state index contributed by atoms with van der Waals surface area (Å²) in [6.45, 7) is 2.88. The second-order valence-corrected chi connectivity index (χ2v) is 4.78. The van der Waals surface area contributed by atoms with Gasteiger partial charge in [0.05, 0.1) is 11.0 Å². The van der Waals surface area contributed by atoms with Gasteiger partial charge in [-0.2, -0.15) is 0 Å². The van der Waals surface area contributed by atoms with Gasteiger partial charge in [0, 0.05) is 30.9 Å². The predicted molar refractivity (Wildman–Crippen MR) is 69.6 cm³/mol. The SMILES string of the molecule is CC(CNc1cc([N+](=O)[O-])ccn1)N(C)C1CC1.